The van der Waals surface area contributed by atoms with Crippen LogP contribution in [0.15, 0.2) is 42.6 Å². The number of nitrogens with zero attached hydrogens (tertiary/aromatic N) is 2. The molecule has 1 aliphatic heterocycles. The molecule has 122 valence electrons. The van der Waals surface area contributed by atoms with Crippen molar-refractivity contribution in [2.24, 2.45) is 0 Å². The van der Waals surface area contributed by atoms with Gasteiger partial charge in [-0.15, -0.1) is 0 Å². The van der Waals surface area contributed by atoms with Crippen molar-refractivity contribution < 1.29 is 4.74 Å². The molecule has 3 rings (SSSR count). The number of benzene rings is 1. The van der Waals surface area contributed by atoms with E-state index in [4.69, 9.17) is 22.1 Å². The topological polar surface area (TPSA) is 51.4 Å². The zero-order chi connectivity index (χ0) is 16.1. The molecule has 0 radical (unpaired) electrons. The maximum absolute atomic E-state index is 6.17. The van der Waals surface area contributed by atoms with Gasteiger partial charge < -0.3 is 15.4 Å². The lowest BCUT2D eigenvalue weighted by atomic mass is 10.1. The summed E-state index contributed by atoms with van der Waals surface area (Å²) in [5.41, 5.74) is 7.52. The molecule has 0 amide bonds. The van der Waals surface area contributed by atoms with Gasteiger partial charge in [-0.3, -0.25) is 4.98 Å². The highest BCUT2D eigenvalue weighted by molar-refractivity contribution is 6.32. The van der Waals surface area contributed by atoms with Crippen LogP contribution in [0.5, 0.6) is 5.75 Å². The Hall–Kier alpha value is -1.78. The molecule has 0 atom stereocenters. The van der Waals surface area contributed by atoms with Crippen LogP contribution in [0, 0.1) is 0 Å². The number of anilines is 1. The lowest BCUT2D eigenvalue weighted by Crippen LogP contribution is -2.39. The molecule has 0 aliphatic carbocycles. The molecule has 0 unspecified atom stereocenters. The van der Waals surface area contributed by atoms with Crippen LogP contribution in [-0.4, -0.2) is 35.6 Å². The first kappa shape index (κ1) is 16.1. The summed E-state index contributed by atoms with van der Waals surface area (Å²) in [6.07, 6.45) is 5.11. The first-order chi connectivity index (χ1) is 11.2. The van der Waals surface area contributed by atoms with Gasteiger partial charge in [-0.2, -0.15) is 0 Å². The largest absolute Gasteiger partial charge is 0.489 e. The van der Waals surface area contributed by atoms with Crippen LogP contribution in [0.2, 0.25) is 5.02 Å². The van der Waals surface area contributed by atoms with E-state index in [1.54, 1.807) is 6.07 Å². The van der Waals surface area contributed by atoms with Gasteiger partial charge in [-0.25, -0.2) is 0 Å². The average Bonchev–Trinajstić information content (AvgIpc) is 2.58. The molecule has 1 saturated heterocycles. The lowest BCUT2D eigenvalue weighted by Gasteiger charge is -2.32. The van der Waals surface area contributed by atoms with Crippen LogP contribution >= 0.6 is 11.6 Å². The van der Waals surface area contributed by atoms with Crippen LogP contribution in [0.3, 0.4) is 0 Å². The second-order valence-corrected chi connectivity index (χ2v) is 6.33. The summed E-state index contributed by atoms with van der Waals surface area (Å²) in [5.74, 6) is 0.729. The van der Waals surface area contributed by atoms with E-state index in [1.807, 2.05) is 30.5 Å². The Balaban J connectivity index is 1.45. The van der Waals surface area contributed by atoms with E-state index in [0.717, 1.165) is 50.3 Å². The SMILES string of the molecule is Nc1ccc(OC2CCN(CCc3ccccn3)CC2)c(Cl)c1. The molecule has 2 N–H and O–H groups in total. The van der Waals surface area contributed by atoms with Crippen molar-refractivity contribution in [1.82, 2.24) is 9.88 Å². The molecule has 2 aromatic rings. The fraction of sp³-hybridized carbons (Fsp3) is 0.389. The van der Waals surface area contributed by atoms with Gasteiger partial charge in [0.1, 0.15) is 11.9 Å². The number of hydrogen-bond donors (Lipinski definition) is 1. The zero-order valence-electron chi connectivity index (χ0n) is 13.1. The number of pyridine rings is 1. The van der Waals surface area contributed by atoms with Gasteiger partial charge in [0, 0.05) is 43.6 Å². The van der Waals surface area contributed by atoms with E-state index in [-0.39, 0.29) is 6.10 Å². The summed E-state index contributed by atoms with van der Waals surface area (Å²) in [6.45, 7) is 3.14. The third-order valence-electron chi connectivity index (χ3n) is 4.19. The maximum atomic E-state index is 6.17. The predicted octanol–water partition coefficient (Wildman–Crippen LogP) is 3.40. The van der Waals surface area contributed by atoms with Crippen molar-refractivity contribution >= 4 is 17.3 Å². The monoisotopic (exact) mass is 331 g/mol. The number of likely N-dealkylation sites (tertiary alicyclic amines) is 1. The van der Waals surface area contributed by atoms with Gasteiger partial charge in [0.05, 0.1) is 5.02 Å². The second-order valence-electron chi connectivity index (χ2n) is 5.92. The number of piperidine rings is 1. The van der Waals surface area contributed by atoms with Gasteiger partial charge in [0.25, 0.3) is 0 Å². The van der Waals surface area contributed by atoms with Crippen LogP contribution in [-0.2, 0) is 6.42 Å². The molecule has 0 bridgehead atoms. The Bertz CT molecular complexity index is 627. The molecular weight excluding hydrogens is 310 g/mol. The van der Waals surface area contributed by atoms with Crippen molar-refractivity contribution in [1.29, 1.82) is 0 Å². The highest BCUT2D eigenvalue weighted by Gasteiger charge is 2.21. The fourth-order valence-corrected chi connectivity index (χ4v) is 3.10. The average molecular weight is 332 g/mol. The molecule has 4 nitrogen and oxygen atoms in total. The molecule has 1 aromatic heterocycles. The third kappa shape index (κ3) is 4.60. The quantitative estimate of drug-likeness (QED) is 0.853. The number of ether oxygens (including phenoxy) is 1. The Morgan fingerprint density at radius 3 is 2.74 bits per heavy atom. The normalized spacial score (nSPS) is 16.4. The first-order valence-electron chi connectivity index (χ1n) is 8.04. The summed E-state index contributed by atoms with van der Waals surface area (Å²) >= 11 is 6.17. The molecule has 1 aliphatic rings. The molecule has 1 aromatic carbocycles. The smallest absolute Gasteiger partial charge is 0.138 e. The molecule has 1 fully saturated rings. The van der Waals surface area contributed by atoms with Crippen LogP contribution in [0.4, 0.5) is 5.69 Å². The first-order valence-corrected chi connectivity index (χ1v) is 8.42. The summed E-state index contributed by atoms with van der Waals surface area (Å²) in [5, 5.41) is 0.586. The second kappa shape index (κ2) is 7.66. The number of nitrogen functional groups attached to an aromatic ring is 1. The van der Waals surface area contributed by atoms with E-state index in [0.29, 0.717) is 10.7 Å². The Morgan fingerprint density at radius 1 is 1.22 bits per heavy atom. The lowest BCUT2D eigenvalue weighted by molar-refractivity contribution is 0.101. The van der Waals surface area contributed by atoms with Crippen LogP contribution in [0.1, 0.15) is 18.5 Å². The number of hydrogen-bond acceptors (Lipinski definition) is 4. The summed E-state index contributed by atoms with van der Waals surface area (Å²) < 4.78 is 6.03. The van der Waals surface area contributed by atoms with Crippen molar-refractivity contribution in [3.8, 4) is 5.75 Å². The van der Waals surface area contributed by atoms with Crippen molar-refractivity contribution in [2.45, 2.75) is 25.4 Å². The number of rotatable bonds is 5. The van der Waals surface area contributed by atoms with Crippen molar-refractivity contribution in [3.63, 3.8) is 0 Å². The molecule has 0 spiro atoms. The van der Waals surface area contributed by atoms with Gasteiger partial charge in [-0.1, -0.05) is 17.7 Å². The zero-order valence-corrected chi connectivity index (χ0v) is 13.9. The molecule has 2 heterocycles. The number of aromatic nitrogens is 1. The summed E-state index contributed by atoms with van der Waals surface area (Å²) in [4.78, 5) is 6.85. The van der Waals surface area contributed by atoms with Crippen LogP contribution < -0.4 is 10.5 Å². The van der Waals surface area contributed by atoms with E-state index >= 15 is 0 Å². The van der Waals surface area contributed by atoms with Gasteiger partial charge in [0.2, 0.25) is 0 Å². The summed E-state index contributed by atoms with van der Waals surface area (Å²) in [7, 11) is 0. The number of nitrogens with two attached hydrogens (primary N) is 1. The predicted molar refractivity (Wildman–Crippen MR) is 93.9 cm³/mol. The highest BCUT2D eigenvalue weighted by atomic mass is 35.5. The van der Waals surface area contributed by atoms with E-state index in [1.165, 1.54) is 0 Å². The van der Waals surface area contributed by atoms with Crippen LogP contribution in [0.25, 0.3) is 0 Å². The minimum absolute atomic E-state index is 0.224. The van der Waals surface area contributed by atoms with Gasteiger partial charge >= 0.3 is 0 Å². The molecular formula is C18H22ClN3O. The van der Waals surface area contributed by atoms with Crippen molar-refractivity contribution in [2.75, 3.05) is 25.4 Å². The number of halogens is 1. The van der Waals surface area contributed by atoms with Gasteiger partial charge in [-0.05, 0) is 43.2 Å². The minimum atomic E-state index is 0.224. The summed E-state index contributed by atoms with van der Waals surface area (Å²) in [6, 6.07) is 11.5. The third-order valence-corrected chi connectivity index (χ3v) is 4.49. The molecule has 0 saturated carbocycles. The van der Waals surface area contributed by atoms with Crippen molar-refractivity contribution in [3.05, 3.63) is 53.3 Å². The maximum Gasteiger partial charge on any atom is 0.138 e. The Labute approximate surface area is 142 Å². The van der Waals surface area contributed by atoms with E-state index in [2.05, 4.69) is 16.0 Å². The standard InChI is InChI=1S/C18H22ClN3O/c19-17-13-14(20)4-5-18(17)23-16-7-11-22(12-8-16)10-6-15-3-1-2-9-21-15/h1-5,9,13,16H,6-8,10-12,20H2. The van der Waals surface area contributed by atoms with E-state index < -0.39 is 0 Å². The molecule has 23 heavy (non-hydrogen) atoms. The van der Waals surface area contributed by atoms with Gasteiger partial charge in [0.15, 0.2) is 0 Å². The Morgan fingerprint density at radius 2 is 2.04 bits per heavy atom. The fourth-order valence-electron chi connectivity index (χ4n) is 2.86. The molecule has 5 heteroatoms. The minimum Gasteiger partial charge on any atom is -0.489 e. The highest BCUT2D eigenvalue weighted by Crippen LogP contribution is 2.29. The Kier molecular flexibility index (Phi) is 5.36. The van der Waals surface area contributed by atoms with E-state index in [9.17, 15) is 0 Å².